The first-order valence-electron chi connectivity index (χ1n) is 7.16. The van der Waals surface area contributed by atoms with Crippen molar-refractivity contribution in [1.29, 1.82) is 0 Å². The van der Waals surface area contributed by atoms with E-state index in [1.807, 2.05) is 20.8 Å². The number of nitrogens with one attached hydrogen (secondary N) is 2. The number of hydrogen-bond acceptors (Lipinski definition) is 4. The van der Waals surface area contributed by atoms with E-state index in [1.54, 1.807) is 11.3 Å². The van der Waals surface area contributed by atoms with E-state index in [2.05, 4.69) is 35.1 Å². The molecule has 1 heterocycles. The van der Waals surface area contributed by atoms with E-state index in [1.165, 1.54) is 4.88 Å². The molecular weight excluding hydrogens is 272 g/mol. The molecule has 1 rings (SSSR count). The van der Waals surface area contributed by atoms with Crippen molar-refractivity contribution in [3.05, 3.63) is 22.4 Å². The summed E-state index contributed by atoms with van der Waals surface area (Å²) in [6.07, 6.45) is 1.88. The van der Waals surface area contributed by atoms with Gasteiger partial charge in [-0.25, -0.2) is 4.79 Å². The fourth-order valence-electron chi connectivity index (χ4n) is 1.85. The molecule has 2 N–H and O–H groups in total. The first-order valence-corrected chi connectivity index (χ1v) is 8.04. The van der Waals surface area contributed by atoms with Crippen LogP contribution in [0.2, 0.25) is 0 Å². The van der Waals surface area contributed by atoms with Crippen molar-refractivity contribution in [3.8, 4) is 0 Å². The molecule has 20 heavy (non-hydrogen) atoms. The zero-order chi connectivity index (χ0) is 15.0. The molecule has 114 valence electrons. The van der Waals surface area contributed by atoms with Crippen LogP contribution >= 0.6 is 11.3 Å². The van der Waals surface area contributed by atoms with E-state index in [-0.39, 0.29) is 6.09 Å². The van der Waals surface area contributed by atoms with Gasteiger partial charge in [0.15, 0.2) is 0 Å². The van der Waals surface area contributed by atoms with Crippen LogP contribution in [0.25, 0.3) is 0 Å². The Hall–Kier alpha value is -1.07. The molecular formula is C15H26N2O2S. The zero-order valence-electron chi connectivity index (χ0n) is 12.9. The molecule has 1 aromatic heterocycles. The second-order valence-corrected chi connectivity index (χ2v) is 6.72. The van der Waals surface area contributed by atoms with Crippen molar-refractivity contribution in [2.75, 3.05) is 13.1 Å². The molecule has 0 aliphatic carbocycles. The number of amides is 1. The van der Waals surface area contributed by atoms with Gasteiger partial charge in [-0.3, -0.25) is 0 Å². The lowest BCUT2D eigenvalue weighted by molar-refractivity contribution is 0.0528. The predicted molar refractivity (Wildman–Crippen MR) is 84.2 cm³/mol. The maximum Gasteiger partial charge on any atom is 0.407 e. The summed E-state index contributed by atoms with van der Waals surface area (Å²) in [5.74, 6) is 0. The lowest BCUT2D eigenvalue weighted by Gasteiger charge is -2.20. The SMILES string of the molecule is CCCC(NCCNC(=O)OC(C)(C)C)c1cccs1. The lowest BCUT2D eigenvalue weighted by Crippen LogP contribution is -2.37. The highest BCUT2D eigenvalue weighted by Crippen LogP contribution is 2.22. The Morgan fingerprint density at radius 2 is 2.15 bits per heavy atom. The van der Waals surface area contributed by atoms with E-state index < -0.39 is 5.60 Å². The predicted octanol–water partition coefficient (Wildman–Crippen LogP) is 3.70. The van der Waals surface area contributed by atoms with Gasteiger partial charge in [0.2, 0.25) is 0 Å². The standard InChI is InChI=1S/C15H26N2O2S/c1-5-7-12(13-8-6-11-20-13)16-9-10-17-14(18)19-15(2,3)4/h6,8,11-12,16H,5,7,9-10H2,1-4H3,(H,17,18). The van der Waals surface area contributed by atoms with Crippen LogP contribution in [0.1, 0.15) is 51.5 Å². The molecule has 0 saturated heterocycles. The third kappa shape index (κ3) is 6.91. The second kappa shape index (κ2) is 8.27. The van der Waals surface area contributed by atoms with Crippen LogP contribution in [-0.4, -0.2) is 24.8 Å². The first kappa shape index (κ1) is 17.0. The van der Waals surface area contributed by atoms with Crippen molar-refractivity contribution >= 4 is 17.4 Å². The van der Waals surface area contributed by atoms with Crippen molar-refractivity contribution in [2.45, 2.75) is 52.2 Å². The minimum absolute atomic E-state index is 0.359. The highest BCUT2D eigenvalue weighted by Gasteiger charge is 2.16. The zero-order valence-corrected chi connectivity index (χ0v) is 13.7. The smallest absolute Gasteiger partial charge is 0.407 e. The average molecular weight is 298 g/mol. The van der Waals surface area contributed by atoms with Gasteiger partial charge in [-0.05, 0) is 38.6 Å². The van der Waals surface area contributed by atoms with E-state index in [0.717, 1.165) is 19.4 Å². The molecule has 0 spiro atoms. The van der Waals surface area contributed by atoms with Gasteiger partial charge >= 0.3 is 6.09 Å². The van der Waals surface area contributed by atoms with Crippen molar-refractivity contribution in [2.24, 2.45) is 0 Å². The molecule has 0 aliphatic heterocycles. The lowest BCUT2D eigenvalue weighted by atomic mass is 10.1. The summed E-state index contributed by atoms with van der Waals surface area (Å²) in [6.45, 7) is 9.07. The van der Waals surface area contributed by atoms with Crippen LogP contribution in [-0.2, 0) is 4.74 Å². The maximum atomic E-state index is 11.5. The molecule has 1 aromatic rings. The van der Waals surface area contributed by atoms with E-state index >= 15 is 0 Å². The second-order valence-electron chi connectivity index (χ2n) is 5.74. The van der Waals surface area contributed by atoms with E-state index in [4.69, 9.17) is 4.74 Å². The van der Waals surface area contributed by atoms with Gasteiger partial charge in [-0.15, -0.1) is 11.3 Å². The summed E-state index contributed by atoms with van der Waals surface area (Å²) in [5, 5.41) is 8.34. The van der Waals surface area contributed by atoms with Crippen molar-refractivity contribution in [1.82, 2.24) is 10.6 Å². The summed E-state index contributed by atoms with van der Waals surface area (Å²) in [7, 11) is 0. The fourth-order valence-corrected chi connectivity index (χ4v) is 2.69. The van der Waals surface area contributed by atoms with Crippen molar-refractivity contribution < 1.29 is 9.53 Å². The third-order valence-electron chi connectivity index (χ3n) is 2.65. The van der Waals surface area contributed by atoms with Crippen molar-refractivity contribution in [3.63, 3.8) is 0 Å². The Labute approximate surface area is 125 Å². The summed E-state index contributed by atoms with van der Waals surface area (Å²) in [6, 6.07) is 4.60. The number of ether oxygens (including phenoxy) is 1. The molecule has 0 aliphatic rings. The molecule has 4 nitrogen and oxygen atoms in total. The Morgan fingerprint density at radius 3 is 2.70 bits per heavy atom. The molecule has 5 heteroatoms. The molecule has 0 bridgehead atoms. The quantitative estimate of drug-likeness (QED) is 0.755. The molecule has 0 fully saturated rings. The summed E-state index contributed by atoms with van der Waals surface area (Å²) < 4.78 is 5.19. The molecule has 1 atom stereocenters. The van der Waals surface area contributed by atoms with Crippen LogP contribution in [0.5, 0.6) is 0 Å². The number of thiophene rings is 1. The largest absolute Gasteiger partial charge is 0.444 e. The van der Waals surface area contributed by atoms with Gasteiger partial charge in [0.1, 0.15) is 5.60 Å². The molecule has 0 saturated carbocycles. The minimum atomic E-state index is -0.445. The van der Waals surface area contributed by atoms with Gasteiger partial charge in [0.05, 0.1) is 0 Å². The molecule has 1 unspecified atom stereocenters. The van der Waals surface area contributed by atoms with Crippen LogP contribution in [0, 0.1) is 0 Å². The Bertz CT molecular complexity index is 385. The average Bonchev–Trinajstić information content (AvgIpc) is 2.84. The Morgan fingerprint density at radius 1 is 1.40 bits per heavy atom. The highest BCUT2D eigenvalue weighted by atomic mass is 32.1. The first-order chi connectivity index (χ1) is 9.42. The number of alkyl carbamates (subject to hydrolysis) is 1. The van der Waals surface area contributed by atoms with Gasteiger partial charge in [0.25, 0.3) is 0 Å². The monoisotopic (exact) mass is 298 g/mol. The summed E-state index contributed by atoms with van der Waals surface area (Å²) >= 11 is 1.77. The summed E-state index contributed by atoms with van der Waals surface area (Å²) in [5.41, 5.74) is -0.445. The minimum Gasteiger partial charge on any atom is -0.444 e. The Kier molecular flexibility index (Phi) is 7.02. The normalized spacial score (nSPS) is 13.0. The fraction of sp³-hybridized carbons (Fsp3) is 0.667. The van der Waals surface area contributed by atoms with Gasteiger partial charge in [-0.1, -0.05) is 19.4 Å². The van der Waals surface area contributed by atoms with Crippen LogP contribution in [0.4, 0.5) is 4.79 Å². The maximum absolute atomic E-state index is 11.5. The molecule has 1 amide bonds. The molecule has 0 aromatic carbocycles. The Balaban J connectivity index is 2.26. The number of carbonyl (C=O) groups is 1. The van der Waals surface area contributed by atoms with Crippen LogP contribution < -0.4 is 10.6 Å². The number of carbonyl (C=O) groups excluding carboxylic acids is 1. The van der Waals surface area contributed by atoms with E-state index in [0.29, 0.717) is 12.6 Å². The van der Waals surface area contributed by atoms with Crippen LogP contribution in [0.3, 0.4) is 0 Å². The molecule has 0 radical (unpaired) electrons. The van der Waals surface area contributed by atoms with Gasteiger partial charge in [0, 0.05) is 24.0 Å². The van der Waals surface area contributed by atoms with E-state index in [9.17, 15) is 4.79 Å². The topological polar surface area (TPSA) is 50.4 Å². The summed E-state index contributed by atoms with van der Waals surface area (Å²) in [4.78, 5) is 12.8. The highest BCUT2D eigenvalue weighted by molar-refractivity contribution is 7.10. The third-order valence-corrected chi connectivity index (χ3v) is 3.63. The van der Waals surface area contributed by atoms with Crippen LogP contribution in [0.15, 0.2) is 17.5 Å². The number of hydrogen-bond donors (Lipinski definition) is 2. The number of rotatable bonds is 7. The van der Waals surface area contributed by atoms with Gasteiger partial charge in [-0.2, -0.15) is 0 Å². The van der Waals surface area contributed by atoms with Gasteiger partial charge < -0.3 is 15.4 Å².